The first-order chi connectivity index (χ1) is 9.09. The molecule has 8 heteroatoms. The maximum atomic E-state index is 10.2. The fourth-order valence-corrected chi connectivity index (χ4v) is 2.62. The fourth-order valence-electron chi connectivity index (χ4n) is 2.62. The summed E-state index contributed by atoms with van der Waals surface area (Å²) in [7, 11) is 0. The number of hydrogen-bond acceptors (Lipinski definition) is 7. The number of aliphatic hydroxyl groups is 2. The van der Waals surface area contributed by atoms with E-state index in [9.17, 15) is 10.2 Å². The van der Waals surface area contributed by atoms with Crippen LogP contribution in [-0.4, -0.2) is 48.0 Å². The number of fused-ring (bicyclic) bond motifs is 1. The Bertz CT molecular complexity index is 600. The van der Waals surface area contributed by atoms with Gasteiger partial charge >= 0.3 is 0 Å². The predicted molar refractivity (Wildman–Crippen MR) is 68.0 cm³/mol. The first kappa shape index (κ1) is 12.3. The highest BCUT2D eigenvalue weighted by molar-refractivity contribution is 5.81. The quantitative estimate of drug-likeness (QED) is 0.507. The first-order valence-corrected chi connectivity index (χ1v) is 6.14. The molecular weight excluding hydrogens is 248 g/mol. The monoisotopic (exact) mass is 264 g/mol. The number of imidazole rings is 1. The topological polar surface area (TPSA) is 136 Å². The zero-order valence-electron chi connectivity index (χ0n) is 10.2. The molecule has 2 heterocycles. The molecule has 0 unspecified atom stereocenters. The molecule has 0 saturated heterocycles. The normalized spacial score (nSPS) is 31.7. The molecule has 2 aromatic heterocycles. The van der Waals surface area contributed by atoms with Crippen LogP contribution in [0.2, 0.25) is 0 Å². The van der Waals surface area contributed by atoms with Gasteiger partial charge in [0.1, 0.15) is 11.8 Å². The van der Waals surface area contributed by atoms with Gasteiger partial charge < -0.3 is 26.2 Å². The van der Waals surface area contributed by atoms with Crippen molar-refractivity contribution in [2.75, 3.05) is 5.73 Å². The van der Waals surface area contributed by atoms with Crippen molar-refractivity contribution in [2.45, 2.75) is 37.1 Å². The third-order valence-electron chi connectivity index (χ3n) is 3.69. The third-order valence-corrected chi connectivity index (χ3v) is 3.69. The molecule has 0 radical (unpaired) electrons. The minimum Gasteiger partial charge on any atom is -0.391 e. The number of hydrogen-bond donors (Lipinski definition) is 4. The number of aliphatic hydroxyl groups excluding tert-OH is 2. The SMILES string of the molecule is Nc1ncnc2c1ncn2[C@H]1[C@H](O)[C@H](N)CC[C@@H]1O. The highest BCUT2D eigenvalue weighted by Gasteiger charge is 2.38. The minimum absolute atomic E-state index is 0.271. The van der Waals surface area contributed by atoms with Crippen LogP contribution in [0.3, 0.4) is 0 Å². The molecule has 102 valence electrons. The Labute approximate surface area is 109 Å². The van der Waals surface area contributed by atoms with Gasteiger partial charge in [-0.15, -0.1) is 0 Å². The summed E-state index contributed by atoms with van der Waals surface area (Å²) in [6, 6.07) is -0.937. The molecule has 1 saturated carbocycles. The molecule has 2 aromatic rings. The lowest BCUT2D eigenvalue weighted by Crippen LogP contribution is -2.49. The van der Waals surface area contributed by atoms with Gasteiger partial charge in [0.2, 0.25) is 0 Å². The summed E-state index contributed by atoms with van der Waals surface area (Å²) in [6.45, 7) is 0. The van der Waals surface area contributed by atoms with Gasteiger partial charge in [-0.3, -0.25) is 0 Å². The molecule has 1 fully saturated rings. The van der Waals surface area contributed by atoms with E-state index >= 15 is 0 Å². The highest BCUT2D eigenvalue weighted by atomic mass is 16.3. The van der Waals surface area contributed by atoms with Crippen LogP contribution in [0, 0.1) is 0 Å². The number of anilines is 1. The lowest BCUT2D eigenvalue weighted by atomic mass is 9.86. The van der Waals surface area contributed by atoms with E-state index in [0.29, 0.717) is 24.0 Å². The Hall–Kier alpha value is -1.77. The maximum absolute atomic E-state index is 10.2. The van der Waals surface area contributed by atoms with E-state index in [-0.39, 0.29) is 11.9 Å². The molecule has 19 heavy (non-hydrogen) atoms. The van der Waals surface area contributed by atoms with Crippen molar-refractivity contribution in [1.82, 2.24) is 19.5 Å². The number of rotatable bonds is 1. The average molecular weight is 264 g/mol. The third kappa shape index (κ3) is 1.84. The van der Waals surface area contributed by atoms with Gasteiger partial charge in [-0.1, -0.05) is 0 Å². The Balaban J connectivity index is 2.10. The summed E-state index contributed by atoms with van der Waals surface area (Å²) in [5, 5.41) is 20.3. The second-order valence-corrected chi connectivity index (χ2v) is 4.87. The smallest absolute Gasteiger partial charge is 0.165 e. The summed E-state index contributed by atoms with van der Waals surface area (Å²) in [5.41, 5.74) is 12.5. The van der Waals surface area contributed by atoms with Crippen molar-refractivity contribution >= 4 is 17.0 Å². The Kier molecular flexibility index (Phi) is 2.85. The second kappa shape index (κ2) is 4.41. The van der Waals surface area contributed by atoms with Crippen LogP contribution in [0.25, 0.3) is 11.2 Å². The van der Waals surface area contributed by atoms with Crippen LogP contribution in [0.4, 0.5) is 5.82 Å². The van der Waals surface area contributed by atoms with Gasteiger partial charge in [0, 0.05) is 6.04 Å². The van der Waals surface area contributed by atoms with Gasteiger partial charge in [-0.2, -0.15) is 0 Å². The van der Waals surface area contributed by atoms with Crippen LogP contribution in [0.15, 0.2) is 12.7 Å². The van der Waals surface area contributed by atoms with Crippen molar-refractivity contribution in [3.05, 3.63) is 12.7 Å². The molecule has 6 N–H and O–H groups in total. The second-order valence-electron chi connectivity index (χ2n) is 4.87. The standard InChI is InChI=1S/C11H16N6O2/c12-5-1-2-6(18)8(9(5)19)17-4-16-7-10(13)14-3-15-11(7)17/h3-6,8-9,18-19H,1-2,12H2,(H2,13,14,15)/t5-,6+,8-,9-/m1/s1. The molecule has 4 atom stereocenters. The van der Waals surface area contributed by atoms with Crippen LogP contribution in [0.1, 0.15) is 18.9 Å². The molecule has 1 aliphatic carbocycles. The highest BCUT2D eigenvalue weighted by Crippen LogP contribution is 2.31. The van der Waals surface area contributed by atoms with Gasteiger partial charge in [0.15, 0.2) is 11.5 Å². The maximum Gasteiger partial charge on any atom is 0.165 e. The molecule has 0 aliphatic heterocycles. The summed E-state index contributed by atoms with van der Waals surface area (Å²) in [4.78, 5) is 12.1. The predicted octanol–water partition coefficient (Wildman–Crippen LogP) is -1.21. The summed E-state index contributed by atoms with van der Waals surface area (Å²) >= 11 is 0. The van der Waals surface area contributed by atoms with Gasteiger partial charge in [0.25, 0.3) is 0 Å². The van der Waals surface area contributed by atoms with E-state index in [1.165, 1.54) is 12.7 Å². The zero-order chi connectivity index (χ0) is 13.6. The molecule has 0 amide bonds. The van der Waals surface area contributed by atoms with E-state index in [4.69, 9.17) is 11.5 Å². The summed E-state index contributed by atoms with van der Waals surface area (Å²) < 4.78 is 1.63. The number of aromatic nitrogens is 4. The van der Waals surface area contributed by atoms with E-state index < -0.39 is 18.2 Å². The molecule has 0 spiro atoms. The van der Waals surface area contributed by atoms with Crippen LogP contribution >= 0.6 is 0 Å². The largest absolute Gasteiger partial charge is 0.391 e. The molecule has 8 nitrogen and oxygen atoms in total. The average Bonchev–Trinajstić information content (AvgIpc) is 2.80. The summed E-state index contributed by atoms with van der Waals surface area (Å²) in [6.07, 6.45) is 2.41. The zero-order valence-corrected chi connectivity index (χ0v) is 10.2. The molecule has 1 aliphatic rings. The molecular formula is C11H16N6O2. The lowest BCUT2D eigenvalue weighted by molar-refractivity contribution is -0.0254. The lowest BCUT2D eigenvalue weighted by Gasteiger charge is -2.37. The number of nitrogens with two attached hydrogens (primary N) is 2. The molecule has 0 aromatic carbocycles. The Morgan fingerprint density at radius 1 is 1.21 bits per heavy atom. The van der Waals surface area contributed by atoms with Crippen molar-refractivity contribution < 1.29 is 10.2 Å². The van der Waals surface area contributed by atoms with E-state index in [1.54, 1.807) is 4.57 Å². The van der Waals surface area contributed by atoms with Gasteiger partial charge in [-0.25, -0.2) is 15.0 Å². The molecule has 0 bridgehead atoms. The van der Waals surface area contributed by atoms with Crippen LogP contribution in [-0.2, 0) is 0 Å². The first-order valence-electron chi connectivity index (χ1n) is 6.14. The van der Waals surface area contributed by atoms with Crippen molar-refractivity contribution in [3.8, 4) is 0 Å². The summed E-state index contributed by atoms with van der Waals surface area (Å²) in [5.74, 6) is 0.271. The number of nitrogens with zero attached hydrogens (tertiary/aromatic N) is 4. The number of nitrogen functional groups attached to an aromatic ring is 1. The van der Waals surface area contributed by atoms with Crippen LogP contribution in [0.5, 0.6) is 0 Å². The van der Waals surface area contributed by atoms with Gasteiger partial charge in [0.05, 0.1) is 24.6 Å². The van der Waals surface area contributed by atoms with Crippen molar-refractivity contribution in [3.63, 3.8) is 0 Å². The Morgan fingerprint density at radius 3 is 2.79 bits per heavy atom. The fraction of sp³-hybridized carbons (Fsp3) is 0.545. The Morgan fingerprint density at radius 2 is 2.00 bits per heavy atom. The van der Waals surface area contributed by atoms with Crippen molar-refractivity contribution in [2.24, 2.45) is 5.73 Å². The van der Waals surface area contributed by atoms with E-state index in [2.05, 4.69) is 15.0 Å². The van der Waals surface area contributed by atoms with E-state index in [1.807, 2.05) is 0 Å². The van der Waals surface area contributed by atoms with Gasteiger partial charge in [-0.05, 0) is 12.8 Å². The molecule has 3 rings (SSSR count). The van der Waals surface area contributed by atoms with Crippen molar-refractivity contribution in [1.29, 1.82) is 0 Å². The van der Waals surface area contributed by atoms with E-state index in [0.717, 1.165) is 0 Å². The van der Waals surface area contributed by atoms with Crippen LogP contribution < -0.4 is 11.5 Å². The minimum atomic E-state index is -0.850.